The van der Waals surface area contributed by atoms with Crippen molar-refractivity contribution < 1.29 is 5.11 Å². The molecule has 0 fully saturated rings. The van der Waals surface area contributed by atoms with Crippen LogP contribution in [0.25, 0.3) is 0 Å². The second-order valence-electron chi connectivity index (χ2n) is 4.85. The number of aromatic hydroxyl groups is 1. The van der Waals surface area contributed by atoms with Gasteiger partial charge in [-0.15, -0.1) is 0 Å². The van der Waals surface area contributed by atoms with E-state index in [0.717, 1.165) is 5.56 Å². The molecule has 0 atom stereocenters. The molecule has 0 aliphatic rings. The van der Waals surface area contributed by atoms with Crippen molar-refractivity contribution in [2.75, 3.05) is 14.1 Å². The second kappa shape index (κ2) is 6.89. The largest absolute Gasteiger partial charge is 0.508 e. The molecule has 0 saturated carbocycles. The maximum absolute atomic E-state index is 9.80. The molecule has 6 heteroatoms. The maximum Gasteiger partial charge on any atom is 0.120 e. The van der Waals surface area contributed by atoms with Gasteiger partial charge in [0.25, 0.3) is 0 Å². The number of benzene rings is 2. The van der Waals surface area contributed by atoms with Crippen LogP contribution in [-0.4, -0.2) is 24.1 Å². The molecule has 0 spiro atoms. The molecule has 0 aromatic heterocycles. The van der Waals surface area contributed by atoms with Crippen molar-refractivity contribution in [3.63, 3.8) is 0 Å². The van der Waals surface area contributed by atoms with E-state index in [9.17, 15) is 5.11 Å². The molecule has 0 radical (unpaired) electrons. The number of phenols is 1. The van der Waals surface area contributed by atoms with Gasteiger partial charge in [0.2, 0.25) is 0 Å². The maximum atomic E-state index is 9.80. The van der Waals surface area contributed by atoms with Crippen LogP contribution in [-0.2, 0) is 6.54 Å². The summed E-state index contributed by atoms with van der Waals surface area (Å²) in [6.45, 7) is 0.627. The van der Waals surface area contributed by atoms with Gasteiger partial charge in [0, 0.05) is 12.1 Å². The van der Waals surface area contributed by atoms with E-state index in [4.69, 9.17) is 23.2 Å². The first kappa shape index (κ1) is 15.8. The van der Waals surface area contributed by atoms with E-state index >= 15 is 0 Å². The zero-order valence-electron chi connectivity index (χ0n) is 11.7. The number of nitrogens with zero attached hydrogens (tertiary/aromatic N) is 3. The Morgan fingerprint density at radius 3 is 2.19 bits per heavy atom. The smallest absolute Gasteiger partial charge is 0.120 e. The van der Waals surface area contributed by atoms with E-state index in [-0.39, 0.29) is 5.75 Å². The fourth-order valence-corrected chi connectivity index (χ4v) is 2.06. The Bertz CT molecular complexity index is 672. The van der Waals surface area contributed by atoms with E-state index in [1.807, 2.05) is 19.0 Å². The lowest BCUT2D eigenvalue weighted by atomic mass is 10.1. The van der Waals surface area contributed by atoms with E-state index in [1.54, 1.807) is 36.4 Å². The zero-order chi connectivity index (χ0) is 15.4. The summed E-state index contributed by atoms with van der Waals surface area (Å²) in [6, 6.07) is 10.2. The highest BCUT2D eigenvalue weighted by Crippen LogP contribution is 2.29. The molecular formula is C15H15Cl2N3O. The van der Waals surface area contributed by atoms with Gasteiger partial charge in [0.15, 0.2) is 0 Å². The second-order valence-corrected chi connectivity index (χ2v) is 5.66. The Balaban J connectivity index is 2.22. The highest BCUT2D eigenvalue weighted by Gasteiger charge is 2.04. The fraction of sp³-hybridized carbons (Fsp3) is 0.200. The van der Waals surface area contributed by atoms with E-state index in [1.165, 1.54) is 0 Å². The molecule has 4 nitrogen and oxygen atoms in total. The first-order valence-corrected chi connectivity index (χ1v) is 7.04. The quantitative estimate of drug-likeness (QED) is 0.788. The number of phenolic OH excluding ortho intramolecular Hbond substituents is 1. The van der Waals surface area contributed by atoms with Crippen molar-refractivity contribution in [1.29, 1.82) is 0 Å². The summed E-state index contributed by atoms with van der Waals surface area (Å²) in [5, 5.41) is 19.0. The summed E-state index contributed by atoms with van der Waals surface area (Å²) in [5.74, 6) is 0.247. The Labute approximate surface area is 133 Å². The van der Waals surface area contributed by atoms with Gasteiger partial charge >= 0.3 is 0 Å². The van der Waals surface area contributed by atoms with E-state index in [2.05, 4.69) is 10.2 Å². The van der Waals surface area contributed by atoms with Crippen molar-refractivity contribution in [2.24, 2.45) is 10.2 Å². The minimum atomic E-state index is 0.247. The van der Waals surface area contributed by atoms with Crippen molar-refractivity contribution in [3.05, 3.63) is 52.0 Å². The van der Waals surface area contributed by atoms with Crippen LogP contribution in [0.15, 0.2) is 46.6 Å². The van der Waals surface area contributed by atoms with Crippen molar-refractivity contribution in [3.8, 4) is 5.75 Å². The van der Waals surface area contributed by atoms with Gasteiger partial charge in [-0.2, -0.15) is 10.2 Å². The van der Waals surface area contributed by atoms with E-state index in [0.29, 0.717) is 28.0 Å². The highest BCUT2D eigenvalue weighted by atomic mass is 35.5. The first-order chi connectivity index (χ1) is 9.95. The third kappa shape index (κ3) is 4.43. The average Bonchev–Trinajstić information content (AvgIpc) is 2.43. The molecule has 2 aromatic rings. The van der Waals surface area contributed by atoms with Crippen LogP contribution < -0.4 is 0 Å². The molecule has 0 aliphatic heterocycles. The highest BCUT2D eigenvalue weighted by molar-refractivity contribution is 6.42. The van der Waals surface area contributed by atoms with Gasteiger partial charge < -0.3 is 10.0 Å². The van der Waals surface area contributed by atoms with Gasteiger partial charge in [-0.05, 0) is 50.5 Å². The number of halogens is 2. The summed E-state index contributed by atoms with van der Waals surface area (Å²) in [4.78, 5) is 1.97. The lowest BCUT2D eigenvalue weighted by Crippen LogP contribution is -2.10. The number of rotatable bonds is 4. The molecule has 0 unspecified atom stereocenters. The summed E-state index contributed by atoms with van der Waals surface area (Å²) < 4.78 is 0. The lowest BCUT2D eigenvalue weighted by molar-refractivity contribution is 0.386. The van der Waals surface area contributed by atoms with Gasteiger partial charge in [-0.1, -0.05) is 23.2 Å². The van der Waals surface area contributed by atoms with Crippen molar-refractivity contribution >= 4 is 34.6 Å². The minimum Gasteiger partial charge on any atom is -0.508 e. The average molecular weight is 324 g/mol. The fourth-order valence-electron chi connectivity index (χ4n) is 1.76. The van der Waals surface area contributed by atoms with Crippen LogP contribution in [0.4, 0.5) is 11.4 Å². The molecule has 0 heterocycles. The van der Waals surface area contributed by atoms with Crippen LogP contribution in [0, 0.1) is 0 Å². The monoisotopic (exact) mass is 323 g/mol. The van der Waals surface area contributed by atoms with Crippen LogP contribution in [0.2, 0.25) is 10.0 Å². The number of azo groups is 1. The van der Waals surface area contributed by atoms with Crippen LogP contribution in [0.5, 0.6) is 5.75 Å². The van der Waals surface area contributed by atoms with Gasteiger partial charge in [-0.3, -0.25) is 0 Å². The topological polar surface area (TPSA) is 48.2 Å². The molecular weight excluding hydrogens is 309 g/mol. The van der Waals surface area contributed by atoms with E-state index < -0.39 is 0 Å². The zero-order valence-corrected chi connectivity index (χ0v) is 13.2. The van der Waals surface area contributed by atoms with Crippen LogP contribution in [0.3, 0.4) is 0 Å². The summed E-state index contributed by atoms with van der Waals surface area (Å²) in [7, 11) is 3.87. The molecule has 21 heavy (non-hydrogen) atoms. The Hall–Kier alpha value is -1.62. The third-order valence-electron chi connectivity index (χ3n) is 2.73. The summed E-state index contributed by atoms with van der Waals surface area (Å²) in [6.07, 6.45) is 0. The van der Waals surface area contributed by atoms with Gasteiger partial charge in [0.1, 0.15) is 5.75 Å². The molecule has 0 bridgehead atoms. The molecule has 2 rings (SSSR count). The SMILES string of the molecule is CN(C)Cc1cc(N=Nc2ccc(Cl)c(Cl)c2)ccc1O. The first-order valence-electron chi connectivity index (χ1n) is 6.29. The Kier molecular flexibility index (Phi) is 5.17. The summed E-state index contributed by atoms with van der Waals surface area (Å²) >= 11 is 11.8. The predicted octanol–water partition coefficient (Wildman–Crippen LogP) is 5.18. The Morgan fingerprint density at radius 2 is 1.57 bits per heavy atom. The van der Waals surface area contributed by atoms with Crippen LogP contribution in [0.1, 0.15) is 5.56 Å². The number of hydrogen-bond donors (Lipinski definition) is 1. The molecule has 2 aromatic carbocycles. The molecule has 1 N–H and O–H groups in total. The Morgan fingerprint density at radius 1 is 0.952 bits per heavy atom. The lowest BCUT2D eigenvalue weighted by Gasteiger charge is -2.11. The summed E-state index contributed by atoms with van der Waals surface area (Å²) in [5.41, 5.74) is 2.08. The van der Waals surface area contributed by atoms with Crippen molar-refractivity contribution in [1.82, 2.24) is 4.90 Å². The van der Waals surface area contributed by atoms with Gasteiger partial charge in [0.05, 0.1) is 21.4 Å². The number of hydrogen-bond acceptors (Lipinski definition) is 4. The molecule has 0 aliphatic carbocycles. The molecule has 110 valence electrons. The predicted molar refractivity (Wildman–Crippen MR) is 86.1 cm³/mol. The van der Waals surface area contributed by atoms with Gasteiger partial charge in [-0.25, -0.2) is 0 Å². The third-order valence-corrected chi connectivity index (χ3v) is 3.47. The molecule has 0 saturated heterocycles. The molecule has 0 amide bonds. The van der Waals surface area contributed by atoms with Crippen LogP contribution >= 0.6 is 23.2 Å². The standard InChI is InChI=1S/C15H15Cl2N3O/c1-20(2)9-10-7-11(4-6-15(10)21)18-19-12-3-5-13(16)14(17)8-12/h3-8,21H,9H2,1-2H3. The minimum absolute atomic E-state index is 0.247. The van der Waals surface area contributed by atoms with Crippen molar-refractivity contribution in [2.45, 2.75) is 6.54 Å². The normalized spacial score (nSPS) is 11.5.